The van der Waals surface area contributed by atoms with Crippen molar-refractivity contribution in [3.05, 3.63) is 47.5 Å². The van der Waals surface area contributed by atoms with Crippen molar-refractivity contribution < 1.29 is 8.78 Å². The van der Waals surface area contributed by atoms with Crippen molar-refractivity contribution in [3.8, 4) is 11.1 Å². The Morgan fingerprint density at radius 3 is 2.84 bits per heavy atom. The number of halogens is 2. The number of nitrogens with zero attached hydrogens (tertiary/aromatic N) is 1. The summed E-state index contributed by atoms with van der Waals surface area (Å²) in [6.07, 6.45) is 2.28. The van der Waals surface area contributed by atoms with Crippen molar-refractivity contribution in [1.29, 1.82) is 0 Å². The summed E-state index contributed by atoms with van der Waals surface area (Å²) in [5, 5.41) is 3.50. The molecule has 2 nitrogen and oxygen atoms in total. The summed E-state index contributed by atoms with van der Waals surface area (Å²) >= 11 is 1.83. The Kier molecular flexibility index (Phi) is 3.75. The fourth-order valence-corrected chi connectivity index (χ4v) is 5.72. The van der Waals surface area contributed by atoms with E-state index in [4.69, 9.17) is 0 Å². The van der Waals surface area contributed by atoms with E-state index in [1.54, 1.807) is 0 Å². The summed E-state index contributed by atoms with van der Waals surface area (Å²) in [7, 11) is 0. The van der Waals surface area contributed by atoms with E-state index in [0.717, 1.165) is 38.2 Å². The van der Waals surface area contributed by atoms with Gasteiger partial charge in [-0.15, -0.1) is 11.8 Å². The molecule has 2 aromatic rings. The fourth-order valence-electron chi connectivity index (χ4n) is 4.64. The van der Waals surface area contributed by atoms with E-state index in [2.05, 4.69) is 10.2 Å². The summed E-state index contributed by atoms with van der Waals surface area (Å²) in [5.74, 6) is 0.496. The zero-order valence-corrected chi connectivity index (χ0v) is 14.7. The first-order valence-electron chi connectivity index (χ1n) is 8.96. The highest BCUT2D eigenvalue weighted by atomic mass is 32.2. The lowest BCUT2D eigenvalue weighted by molar-refractivity contribution is 0.403. The fraction of sp³-hybridized carbons (Fsp3) is 0.400. The van der Waals surface area contributed by atoms with Crippen LogP contribution in [0.15, 0.2) is 35.2 Å². The van der Waals surface area contributed by atoms with E-state index in [-0.39, 0.29) is 5.56 Å². The zero-order chi connectivity index (χ0) is 17.0. The highest BCUT2D eigenvalue weighted by Gasteiger charge is 2.42. The first kappa shape index (κ1) is 15.6. The van der Waals surface area contributed by atoms with Gasteiger partial charge < -0.3 is 10.2 Å². The molecule has 0 aromatic heterocycles. The summed E-state index contributed by atoms with van der Waals surface area (Å²) in [4.78, 5) is 3.75. The quantitative estimate of drug-likeness (QED) is 0.814. The second-order valence-electron chi connectivity index (χ2n) is 7.07. The lowest BCUT2D eigenvalue weighted by atomic mass is 9.88. The smallest absolute Gasteiger partial charge is 0.133 e. The number of fused-ring (bicyclic) bond motifs is 3. The number of benzene rings is 2. The third kappa shape index (κ3) is 2.40. The Balaban J connectivity index is 1.72. The number of hydrogen-bond acceptors (Lipinski definition) is 3. The lowest BCUT2D eigenvalue weighted by Gasteiger charge is -2.33. The topological polar surface area (TPSA) is 15.3 Å². The molecule has 0 saturated carbocycles. The van der Waals surface area contributed by atoms with Crippen molar-refractivity contribution in [2.75, 3.05) is 30.3 Å². The van der Waals surface area contributed by atoms with Crippen molar-refractivity contribution >= 4 is 17.4 Å². The minimum absolute atomic E-state index is 0.102. The maximum Gasteiger partial charge on any atom is 0.133 e. The van der Waals surface area contributed by atoms with Crippen LogP contribution >= 0.6 is 11.8 Å². The van der Waals surface area contributed by atoms with Crippen molar-refractivity contribution in [3.63, 3.8) is 0 Å². The zero-order valence-electron chi connectivity index (χ0n) is 13.9. The molecule has 0 radical (unpaired) electrons. The highest BCUT2D eigenvalue weighted by molar-refractivity contribution is 7.99. The van der Waals surface area contributed by atoms with Gasteiger partial charge in [0.2, 0.25) is 0 Å². The minimum atomic E-state index is -0.487. The normalized spacial score (nSPS) is 24.6. The molecule has 0 spiro atoms. The Bertz CT molecular complexity index is 818. The number of piperidine rings is 1. The Hall–Kier alpha value is -1.59. The largest absolute Gasteiger partial charge is 0.367 e. The number of hydrogen-bond donors (Lipinski definition) is 1. The molecule has 3 aliphatic rings. The molecule has 1 N–H and O–H groups in total. The van der Waals surface area contributed by atoms with E-state index in [0.29, 0.717) is 17.5 Å². The van der Waals surface area contributed by atoms with Crippen molar-refractivity contribution in [2.24, 2.45) is 0 Å². The van der Waals surface area contributed by atoms with Crippen molar-refractivity contribution in [2.45, 2.75) is 29.7 Å². The van der Waals surface area contributed by atoms with Crippen LogP contribution in [0.2, 0.25) is 0 Å². The van der Waals surface area contributed by atoms with E-state index in [9.17, 15) is 8.78 Å². The Labute approximate surface area is 150 Å². The summed E-state index contributed by atoms with van der Waals surface area (Å²) < 4.78 is 28.7. The molecule has 0 bridgehead atoms. The number of thioether (sulfide) groups is 1. The average molecular weight is 358 g/mol. The number of anilines is 1. The van der Waals surface area contributed by atoms with Gasteiger partial charge in [-0.2, -0.15) is 0 Å². The third-order valence-corrected chi connectivity index (χ3v) is 6.80. The van der Waals surface area contributed by atoms with E-state index in [1.165, 1.54) is 34.3 Å². The van der Waals surface area contributed by atoms with Gasteiger partial charge >= 0.3 is 0 Å². The van der Waals surface area contributed by atoms with Gasteiger partial charge in [0.1, 0.15) is 11.6 Å². The predicted molar refractivity (Wildman–Crippen MR) is 98.5 cm³/mol. The molecule has 5 rings (SSSR count). The standard InChI is InChI=1S/C20H20F2N2S/c21-15-3-1-4-16(22)19(15)12-9-13-14-11-23-6-5-17(14)24-7-2-8-25-18(10-12)20(13)24/h1,3-4,9-10,14,17,23H,2,5-8,11H2/t14-,17-/m1/s1. The molecule has 0 unspecified atom stereocenters. The first-order chi connectivity index (χ1) is 12.2. The molecule has 130 valence electrons. The van der Waals surface area contributed by atoms with Gasteiger partial charge in [0.15, 0.2) is 0 Å². The summed E-state index contributed by atoms with van der Waals surface area (Å²) in [6, 6.07) is 8.66. The van der Waals surface area contributed by atoms with Crippen LogP contribution < -0.4 is 10.2 Å². The molecule has 3 heterocycles. The molecule has 25 heavy (non-hydrogen) atoms. The van der Waals surface area contributed by atoms with Crippen LogP contribution in [-0.4, -0.2) is 31.4 Å². The van der Waals surface area contributed by atoms with E-state index >= 15 is 0 Å². The molecular weight excluding hydrogens is 338 g/mol. The SMILES string of the molecule is Fc1cccc(F)c1-c1cc2c3c(c1)[C@H]1CNCC[C@H]1N3CCCS2. The molecule has 2 atom stereocenters. The molecule has 3 aliphatic heterocycles. The maximum atomic E-state index is 14.4. The Morgan fingerprint density at radius 1 is 1.16 bits per heavy atom. The van der Waals surface area contributed by atoms with Crippen LogP contribution in [0.25, 0.3) is 11.1 Å². The maximum absolute atomic E-state index is 14.4. The van der Waals surface area contributed by atoms with E-state index in [1.807, 2.05) is 23.9 Å². The van der Waals surface area contributed by atoms with Gasteiger partial charge in [-0.3, -0.25) is 0 Å². The predicted octanol–water partition coefficient (Wildman–Crippen LogP) is 4.39. The van der Waals surface area contributed by atoms with Crippen LogP contribution in [-0.2, 0) is 0 Å². The third-order valence-electron chi connectivity index (χ3n) is 5.69. The molecule has 2 aromatic carbocycles. The lowest BCUT2D eigenvalue weighted by Crippen LogP contribution is -2.44. The van der Waals surface area contributed by atoms with Crippen LogP contribution in [0.5, 0.6) is 0 Å². The summed E-state index contributed by atoms with van der Waals surface area (Å²) in [5.41, 5.74) is 3.36. The van der Waals surface area contributed by atoms with Crippen LogP contribution in [0.3, 0.4) is 0 Å². The first-order valence-corrected chi connectivity index (χ1v) is 9.95. The van der Waals surface area contributed by atoms with Gasteiger partial charge in [0.05, 0.1) is 11.3 Å². The average Bonchev–Trinajstić information content (AvgIpc) is 2.77. The monoisotopic (exact) mass is 358 g/mol. The second-order valence-corrected chi connectivity index (χ2v) is 8.21. The van der Waals surface area contributed by atoms with Gasteiger partial charge in [0.25, 0.3) is 0 Å². The molecule has 1 saturated heterocycles. The highest BCUT2D eigenvalue weighted by Crippen LogP contribution is 2.51. The van der Waals surface area contributed by atoms with Crippen LogP contribution in [0.1, 0.15) is 24.3 Å². The van der Waals surface area contributed by atoms with Crippen LogP contribution in [0.4, 0.5) is 14.5 Å². The Morgan fingerprint density at radius 2 is 2.00 bits per heavy atom. The molecule has 0 aliphatic carbocycles. The van der Waals surface area contributed by atoms with Gasteiger partial charge in [-0.1, -0.05) is 6.07 Å². The van der Waals surface area contributed by atoms with E-state index < -0.39 is 11.6 Å². The van der Waals surface area contributed by atoms with Crippen LogP contribution in [0, 0.1) is 11.6 Å². The van der Waals surface area contributed by atoms with Crippen molar-refractivity contribution in [1.82, 2.24) is 5.32 Å². The van der Waals surface area contributed by atoms with Gasteiger partial charge in [-0.05, 0) is 60.5 Å². The summed E-state index contributed by atoms with van der Waals surface area (Å²) in [6.45, 7) is 3.08. The minimum Gasteiger partial charge on any atom is -0.367 e. The number of rotatable bonds is 1. The molecule has 0 amide bonds. The molecule has 5 heteroatoms. The van der Waals surface area contributed by atoms with Gasteiger partial charge in [-0.25, -0.2) is 8.78 Å². The second kappa shape index (κ2) is 5.99. The van der Waals surface area contributed by atoms with Gasteiger partial charge in [0, 0.05) is 29.9 Å². The number of nitrogens with one attached hydrogen (secondary N) is 1. The molecule has 1 fully saturated rings. The molecular formula is C20H20F2N2S.